The zero-order valence-electron chi connectivity index (χ0n) is 25.6. The van der Waals surface area contributed by atoms with Crippen molar-refractivity contribution < 1.29 is 36.2 Å². The van der Waals surface area contributed by atoms with Gasteiger partial charge in [-0.05, 0) is 34.9 Å². The summed E-state index contributed by atoms with van der Waals surface area (Å²) in [5, 5.41) is 15.8. The molecule has 2 aliphatic rings. The second-order valence-electron chi connectivity index (χ2n) is 11.6. The molecule has 16 heteroatoms. The Morgan fingerprint density at radius 3 is 2.23 bits per heavy atom. The number of fused-ring (bicyclic) bond motifs is 1. The molecule has 1 N–H and O–H groups in total. The SMILES string of the molecule is COc1ccc(Cn2nc(C3c4ccccc4CN3CC(O)N3CCN(c4ncc(C(F)(F)F)cn4)CC3)cc(C(F)(F)F)c2=O)cc1. The van der Waals surface area contributed by atoms with Gasteiger partial charge in [-0.3, -0.25) is 14.6 Å². The Labute approximate surface area is 270 Å². The molecule has 0 saturated carbocycles. The highest BCUT2D eigenvalue weighted by Crippen LogP contribution is 2.39. The summed E-state index contributed by atoms with van der Waals surface area (Å²) < 4.78 is 87.4. The number of aromatic nitrogens is 4. The van der Waals surface area contributed by atoms with Crippen LogP contribution in [0.25, 0.3) is 0 Å². The van der Waals surface area contributed by atoms with E-state index in [-0.39, 0.29) is 24.7 Å². The molecular weight excluding hydrogens is 644 g/mol. The van der Waals surface area contributed by atoms with E-state index in [1.54, 1.807) is 46.2 Å². The lowest BCUT2D eigenvalue weighted by Crippen LogP contribution is -2.53. The third-order valence-corrected chi connectivity index (χ3v) is 8.54. The molecule has 1 saturated heterocycles. The van der Waals surface area contributed by atoms with Gasteiger partial charge < -0.3 is 14.7 Å². The second kappa shape index (κ2) is 13.2. The summed E-state index contributed by atoms with van der Waals surface area (Å²) in [7, 11) is 1.49. The van der Waals surface area contributed by atoms with Gasteiger partial charge in [-0.15, -0.1) is 0 Å². The first kappa shape index (κ1) is 33.4. The molecule has 48 heavy (non-hydrogen) atoms. The molecule has 0 amide bonds. The molecule has 2 aliphatic heterocycles. The number of halogens is 6. The smallest absolute Gasteiger partial charge is 0.421 e. The fraction of sp³-hybridized carbons (Fsp3) is 0.375. The van der Waals surface area contributed by atoms with Crippen molar-refractivity contribution in [1.82, 2.24) is 29.5 Å². The number of methoxy groups -OCH3 is 1. The van der Waals surface area contributed by atoms with E-state index in [4.69, 9.17) is 4.74 Å². The Morgan fingerprint density at radius 2 is 1.60 bits per heavy atom. The molecule has 0 spiro atoms. The van der Waals surface area contributed by atoms with Gasteiger partial charge >= 0.3 is 12.4 Å². The lowest BCUT2D eigenvalue weighted by molar-refractivity contribution is -0.139. The Kier molecular flexibility index (Phi) is 9.15. The van der Waals surface area contributed by atoms with E-state index >= 15 is 0 Å². The van der Waals surface area contributed by atoms with Crippen molar-refractivity contribution in [2.24, 2.45) is 0 Å². The second-order valence-corrected chi connectivity index (χ2v) is 11.6. The number of aliphatic hydroxyl groups is 1. The maximum absolute atomic E-state index is 14.2. The van der Waals surface area contributed by atoms with E-state index in [9.17, 15) is 36.2 Å². The van der Waals surface area contributed by atoms with Crippen molar-refractivity contribution in [3.63, 3.8) is 0 Å². The Bertz CT molecular complexity index is 1790. The van der Waals surface area contributed by atoms with Crippen molar-refractivity contribution >= 4 is 5.95 Å². The van der Waals surface area contributed by atoms with Crippen LogP contribution >= 0.6 is 0 Å². The maximum atomic E-state index is 14.2. The van der Waals surface area contributed by atoms with Crippen LogP contribution in [0.15, 0.2) is 71.8 Å². The van der Waals surface area contributed by atoms with Gasteiger partial charge in [0.15, 0.2) is 0 Å². The predicted octanol–water partition coefficient (Wildman–Crippen LogP) is 4.17. The first-order chi connectivity index (χ1) is 22.8. The van der Waals surface area contributed by atoms with Gasteiger partial charge in [-0.1, -0.05) is 36.4 Å². The minimum absolute atomic E-state index is 0.0110. The van der Waals surface area contributed by atoms with Crippen LogP contribution in [0.2, 0.25) is 0 Å². The number of ether oxygens (including phenoxy) is 1. The van der Waals surface area contributed by atoms with Crippen LogP contribution in [0.3, 0.4) is 0 Å². The summed E-state index contributed by atoms with van der Waals surface area (Å²) in [5.41, 5.74) is -1.43. The molecular formula is C32H31F6N7O3. The van der Waals surface area contributed by atoms with Gasteiger partial charge in [-0.25, -0.2) is 14.6 Å². The average Bonchev–Trinajstić information content (AvgIpc) is 3.43. The number of hydrogen-bond acceptors (Lipinski definition) is 9. The fourth-order valence-electron chi connectivity index (χ4n) is 6.05. The number of alkyl halides is 6. The van der Waals surface area contributed by atoms with Crippen LogP contribution in [-0.4, -0.2) is 80.7 Å². The standard InChI is InChI=1S/C32H31F6N7O3/c1-48-23-8-6-20(7-9-23)17-45-29(47)25(32(36,37)38)14-26(41-45)28-24-5-3-2-4-21(24)18-44(28)19-27(46)42-10-12-43(13-11-42)30-39-15-22(16-40-30)31(33,34)35/h2-9,14-16,27-28,46H,10-13,17-19H2,1H3. The minimum Gasteiger partial charge on any atom is -0.497 e. The van der Waals surface area contributed by atoms with Crippen molar-refractivity contribution in [1.29, 1.82) is 0 Å². The molecule has 2 aromatic heterocycles. The van der Waals surface area contributed by atoms with Crippen LogP contribution in [0.1, 0.15) is 39.6 Å². The maximum Gasteiger partial charge on any atom is 0.421 e. The number of hydrogen-bond donors (Lipinski definition) is 1. The molecule has 1 fully saturated rings. The Balaban J connectivity index is 1.23. The number of anilines is 1. The highest BCUT2D eigenvalue weighted by Gasteiger charge is 2.40. The van der Waals surface area contributed by atoms with Crippen molar-refractivity contribution in [2.75, 3.05) is 44.7 Å². The van der Waals surface area contributed by atoms with Gasteiger partial charge in [0.1, 0.15) is 17.5 Å². The predicted molar refractivity (Wildman–Crippen MR) is 161 cm³/mol. The van der Waals surface area contributed by atoms with E-state index in [1.165, 1.54) is 7.11 Å². The molecule has 2 unspecified atom stereocenters. The van der Waals surface area contributed by atoms with E-state index < -0.39 is 41.3 Å². The molecule has 10 nitrogen and oxygen atoms in total. The topological polar surface area (TPSA) is 99.8 Å². The van der Waals surface area contributed by atoms with Crippen LogP contribution in [-0.2, 0) is 25.4 Å². The number of aliphatic hydroxyl groups excluding tert-OH is 1. The average molecular weight is 676 g/mol. The van der Waals surface area contributed by atoms with Gasteiger partial charge in [0.05, 0.1) is 31.0 Å². The first-order valence-electron chi connectivity index (χ1n) is 15.0. The highest BCUT2D eigenvalue weighted by atomic mass is 19.4. The summed E-state index contributed by atoms with van der Waals surface area (Å²) in [4.78, 5) is 26.1. The van der Waals surface area contributed by atoms with E-state index in [1.807, 2.05) is 17.0 Å². The summed E-state index contributed by atoms with van der Waals surface area (Å²) in [6.45, 7) is 1.48. The normalized spacial score (nSPS) is 18.2. The Hall–Kier alpha value is -4.54. The van der Waals surface area contributed by atoms with Gasteiger partial charge in [0.25, 0.3) is 5.56 Å². The molecule has 254 valence electrons. The number of nitrogens with zero attached hydrogens (tertiary/aromatic N) is 7. The number of rotatable bonds is 8. The summed E-state index contributed by atoms with van der Waals surface area (Å²) in [6.07, 6.45) is -9.06. The molecule has 0 bridgehead atoms. The quantitative estimate of drug-likeness (QED) is 0.276. The monoisotopic (exact) mass is 675 g/mol. The fourth-order valence-corrected chi connectivity index (χ4v) is 6.05. The zero-order valence-corrected chi connectivity index (χ0v) is 25.6. The van der Waals surface area contributed by atoms with Crippen LogP contribution in [0, 0.1) is 0 Å². The molecule has 6 rings (SSSR count). The minimum atomic E-state index is -4.94. The van der Waals surface area contributed by atoms with E-state index in [0.717, 1.165) is 28.7 Å². The molecule has 0 aliphatic carbocycles. The van der Waals surface area contributed by atoms with Gasteiger partial charge in [0, 0.05) is 51.7 Å². The van der Waals surface area contributed by atoms with Crippen molar-refractivity contribution in [3.05, 3.63) is 111 Å². The molecule has 2 atom stereocenters. The largest absolute Gasteiger partial charge is 0.497 e. The summed E-state index contributed by atoms with van der Waals surface area (Å²) >= 11 is 0. The zero-order chi connectivity index (χ0) is 34.2. The first-order valence-corrected chi connectivity index (χ1v) is 15.0. The van der Waals surface area contributed by atoms with Gasteiger partial charge in [-0.2, -0.15) is 31.4 Å². The molecule has 2 aromatic carbocycles. The number of β-amino-alcohol motifs (C(OH)–C–C–N with tert-alkyl or cyclic N) is 1. The van der Waals surface area contributed by atoms with E-state index in [0.29, 0.717) is 49.6 Å². The van der Waals surface area contributed by atoms with Crippen LogP contribution in [0.4, 0.5) is 32.3 Å². The summed E-state index contributed by atoms with van der Waals surface area (Å²) in [6, 6.07) is 13.8. The van der Waals surface area contributed by atoms with Crippen LogP contribution < -0.4 is 15.2 Å². The molecule has 4 aromatic rings. The lowest BCUT2D eigenvalue weighted by atomic mass is 10.0. The van der Waals surface area contributed by atoms with Crippen molar-refractivity contribution in [2.45, 2.75) is 37.7 Å². The van der Waals surface area contributed by atoms with E-state index in [2.05, 4.69) is 15.1 Å². The molecule has 4 heterocycles. The number of benzene rings is 2. The summed E-state index contributed by atoms with van der Waals surface area (Å²) in [5.74, 6) is 0.693. The highest BCUT2D eigenvalue weighted by molar-refractivity contribution is 5.40. The Morgan fingerprint density at radius 1 is 0.938 bits per heavy atom. The lowest BCUT2D eigenvalue weighted by Gasteiger charge is -2.39. The van der Waals surface area contributed by atoms with Crippen molar-refractivity contribution in [3.8, 4) is 5.75 Å². The number of piperazine rings is 1. The van der Waals surface area contributed by atoms with Gasteiger partial charge in [0.2, 0.25) is 5.95 Å². The third-order valence-electron chi connectivity index (χ3n) is 8.54. The van der Waals surface area contributed by atoms with Crippen LogP contribution in [0.5, 0.6) is 5.75 Å². The third kappa shape index (κ3) is 7.00. The molecule has 0 radical (unpaired) electrons.